The lowest BCUT2D eigenvalue weighted by molar-refractivity contribution is 0.845. The van der Waals surface area contributed by atoms with Crippen LogP contribution < -0.4 is 5.73 Å². The fraction of sp³-hybridized carbons (Fsp3) is 0.167. The summed E-state index contributed by atoms with van der Waals surface area (Å²) in [5, 5.41) is 14.2. The molecule has 0 radical (unpaired) electrons. The van der Waals surface area contributed by atoms with Crippen molar-refractivity contribution < 1.29 is 0 Å². The highest BCUT2D eigenvalue weighted by Gasteiger charge is 2.15. The van der Waals surface area contributed by atoms with Crippen LogP contribution in [0.1, 0.15) is 12.5 Å². The van der Waals surface area contributed by atoms with Crippen LogP contribution in [-0.2, 0) is 0 Å². The molecule has 1 heterocycles. The lowest BCUT2D eigenvalue weighted by Crippen LogP contribution is -2.01. The van der Waals surface area contributed by atoms with Gasteiger partial charge in [-0.1, -0.05) is 25.1 Å². The quantitative estimate of drug-likeness (QED) is 0.842. The highest BCUT2D eigenvalue weighted by Crippen LogP contribution is 2.27. The smallest absolute Gasteiger partial charge is 0.146 e. The van der Waals surface area contributed by atoms with Gasteiger partial charge in [0.15, 0.2) is 0 Å². The first-order valence-electron chi connectivity index (χ1n) is 5.24. The van der Waals surface area contributed by atoms with Gasteiger partial charge in [-0.15, -0.1) is 11.8 Å². The third-order valence-electron chi connectivity index (χ3n) is 2.28. The topological polar surface area (TPSA) is 67.6 Å². The van der Waals surface area contributed by atoms with Crippen molar-refractivity contribution in [2.45, 2.75) is 11.9 Å². The third kappa shape index (κ3) is 2.12. The summed E-state index contributed by atoms with van der Waals surface area (Å²) in [6, 6.07) is 11.7. The summed E-state index contributed by atoms with van der Waals surface area (Å²) in [5.41, 5.74) is 7.27. The molecule has 4 nitrogen and oxygen atoms in total. The second kappa shape index (κ2) is 4.93. The average Bonchev–Trinajstić information content (AvgIpc) is 2.67. The summed E-state index contributed by atoms with van der Waals surface area (Å²) in [6.45, 7) is 2.02. The molecule has 0 aliphatic rings. The van der Waals surface area contributed by atoms with Gasteiger partial charge < -0.3 is 5.73 Å². The maximum Gasteiger partial charge on any atom is 0.146 e. The number of nitrogen functional groups attached to an aromatic ring is 1. The van der Waals surface area contributed by atoms with Crippen LogP contribution in [0.2, 0.25) is 0 Å². The second-order valence-corrected chi connectivity index (χ2v) is 4.61. The van der Waals surface area contributed by atoms with Crippen molar-refractivity contribution in [1.29, 1.82) is 5.26 Å². The molecule has 2 aromatic rings. The molecule has 86 valence electrons. The molecule has 1 aromatic carbocycles. The number of anilines is 1. The van der Waals surface area contributed by atoms with E-state index in [9.17, 15) is 0 Å². The summed E-state index contributed by atoms with van der Waals surface area (Å²) >= 11 is 1.52. The predicted molar refractivity (Wildman–Crippen MR) is 69.1 cm³/mol. The van der Waals surface area contributed by atoms with Crippen LogP contribution >= 0.6 is 11.8 Å². The van der Waals surface area contributed by atoms with Gasteiger partial charge in [0.1, 0.15) is 22.5 Å². The Bertz CT molecular complexity index is 554. The molecule has 0 spiro atoms. The number of nitrogens with zero attached hydrogens (tertiary/aromatic N) is 3. The van der Waals surface area contributed by atoms with E-state index in [4.69, 9.17) is 11.0 Å². The molecule has 2 N–H and O–H groups in total. The van der Waals surface area contributed by atoms with E-state index in [1.165, 1.54) is 11.8 Å². The Balaban J connectivity index is 2.54. The SMILES string of the molecule is CCSc1nn(-c2ccccc2)c(N)c1C#N. The highest BCUT2D eigenvalue weighted by atomic mass is 32.2. The number of para-hydroxylation sites is 1. The van der Waals surface area contributed by atoms with Crippen molar-refractivity contribution in [3.05, 3.63) is 35.9 Å². The van der Waals surface area contributed by atoms with Gasteiger partial charge in [-0.3, -0.25) is 0 Å². The Morgan fingerprint density at radius 3 is 2.71 bits per heavy atom. The highest BCUT2D eigenvalue weighted by molar-refractivity contribution is 7.99. The molecule has 0 saturated heterocycles. The van der Waals surface area contributed by atoms with Crippen LogP contribution in [0, 0.1) is 11.3 Å². The maximum absolute atomic E-state index is 9.09. The average molecular weight is 244 g/mol. The van der Waals surface area contributed by atoms with E-state index < -0.39 is 0 Å². The summed E-state index contributed by atoms with van der Waals surface area (Å²) in [7, 11) is 0. The molecule has 1 aromatic heterocycles. The van der Waals surface area contributed by atoms with Gasteiger partial charge in [-0.25, -0.2) is 4.68 Å². The summed E-state index contributed by atoms with van der Waals surface area (Å²) < 4.78 is 1.61. The molecule has 0 bridgehead atoms. The Kier molecular flexibility index (Phi) is 3.35. The second-order valence-electron chi connectivity index (χ2n) is 3.36. The molecular weight excluding hydrogens is 232 g/mol. The van der Waals surface area contributed by atoms with E-state index in [1.807, 2.05) is 37.3 Å². The minimum Gasteiger partial charge on any atom is -0.382 e. The van der Waals surface area contributed by atoms with Gasteiger partial charge >= 0.3 is 0 Å². The summed E-state index contributed by atoms with van der Waals surface area (Å²) in [4.78, 5) is 0. The monoisotopic (exact) mass is 244 g/mol. The van der Waals surface area contributed by atoms with Crippen molar-refractivity contribution in [2.75, 3.05) is 11.5 Å². The van der Waals surface area contributed by atoms with Gasteiger partial charge in [0.2, 0.25) is 0 Å². The number of thioether (sulfide) groups is 1. The van der Waals surface area contributed by atoms with E-state index in [1.54, 1.807) is 4.68 Å². The molecule has 0 aliphatic heterocycles. The zero-order chi connectivity index (χ0) is 12.3. The Labute approximate surface area is 104 Å². The first-order valence-corrected chi connectivity index (χ1v) is 6.23. The molecular formula is C12H12N4S. The number of rotatable bonds is 3. The third-order valence-corrected chi connectivity index (χ3v) is 3.13. The number of nitrogens with two attached hydrogens (primary N) is 1. The molecule has 0 unspecified atom stereocenters. The van der Waals surface area contributed by atoms with Crippen molar-refractivity contribution >= 4 is 17.6 Å². The molecule has 0 saturated carbocycles. The van der Waals surface area contributed by atoms with Gasteiger partial charge in [-0.05, 0) is 17.9 Å². The lowest BCUT2D eigenvalue weighted by atomic mass is 10.3. The van der Waals surface area contributed by atoms with Gasteiger partial charge in [-0.2, -0.15) is 10.4 Å². The van der Waals surface area contributed by atoms with Gasteiger partial charge in [0, 0.05) is 0 Å². The lowest BCUT2D eigenvalue weighted by Gasteiger charge is -2.02. The normalized spacial score (nSPS) is 10.1. The molecule has 2 rings (SSSR count). The fourth-order valence-corrected chi connectivity index (χ4v) is 2.23. The van der Waals surface area contributed by atoms with Crippen molar-refractivity contribution in [2.24, 2.45) is 0 Å². The van der Waals surface area contributed by atoms with Crippen LogP contribution in [-0.4, -0.2) is 15.5 Å². The van der Waals surface area contributed by atoms with Crippen molar-refractivity contribution in [3.63, 3.8) is 0 Å². The molecule has 17 heavy (non-hydrogen) atoms. The zero-order valence-corrected chi connectivity index (χ0v) is 10.2. The number of aromatic nitrogens is 2. The van der Waals surface area contributed by atoms with Gasteiger partial charge in [0.05, 0.1) is 5.69 Å². The van der Waals surface area contributed by atoms with E-state index >= 15 is 0 Å². The number of nitriles is 1. The van der Waals surface area contributed by atoms with E-state index in [2.05, 4.69) is 11.2 Å². The first kappa shape index (κ1) is 11.6. The number of hydrogen-bond acceptors (Lipinski definition) is 4. The Morgan fingerprint density at radius 1 is 1.41 bits per heavy atom. The van der Waals surface area contributed by atoms with E-state index in [-0.39, 0.29) is 0 Å². The van der Waals surface area contributed by atoms with E-state index in [0.717, 1.165) is 11.4 Å². The van der Waals surface area contributed by atoms with Crippen LogP contribution in [0.3, 0.4) is 0 Å². The summed E-state index contributed by atoms with van der Waals surface area (Å²) in [6.07, 6.45) is 0. The molecule has 0 fully saturated rings. The van der Waals surface area contributed by atoms with Crippen LogP contribution in [0.5, 0.6) is 0 Å². The first-order chi connectivity index (χ1) is 8.27. The molecule has 0 amide bonds. The Morgan fingerprint density at radius 2 is 2.12 bits per heavy atom. The number of benzene rings is 1. The molecule has 0 atom stereocenters. The van der Waals surface area contributed by atoms with Gasteiger partial charge in [0.25, 0.3) is 0 Å². The van der Waals surface area contributed by atoms with Crippen molar-refractivity contribution in [3.8, 4) is 11.8 Å². The Hall–Kier alpha value is -1.93. The van der Waals surface area contributed by atoms with Crippen LogP contribution in [0.25, 0.3) is 5.69 Å². The standard InChI is InChI=1S/C12H12N4S/c1-2-17-12-10(8-13)11(14)16(15-12)9-6-4-3-5-7-9/h3-7H,2,14H2,1H3. The van der Waals surface area contributed by atoms with Crippen LogP contribution in [0.15, 0.2) is 35.4 Å². The van der Waals surface area contributed by atoms with Crippen molar-refractivity contribution in [1.82, 2.24) is 9.78 Å². The minimum absolute atomic E-state index is 0.398. The maximum atomic E-state index is 9.09. The van der Waals surface area contributed by atoms with Crippen LogP contribution in [0.4, 0.5) is 5.82 Å². The number of hydrogen-bond donors (Lipinski definition) is 1. The summed E-state index contributed by atoms with van der Waals surface area (Å²) in [5.74, 6) is 1.26. The molecule has 0 aliphatic carbocycles. The largest absolute Gasteiger partial charge is 0.382 e. The predicted octanol–water partition coefficient (Wildman–Crippen LogP) is 2.44. The zero-order valence-electron chi connectivity index (χ0n) is 9.42. The minimum atomic E-state index is 0.398. The molecule has 5 heteroatoms. The van der Waals surface area contributed by atoms with E-state index in [0.29, 0.717) is 16.4 Å². The fourth-order valence-electron chi connectivity index (χ4n) is 1.52.